The number of thiazole rings is 1. The lowest BCUT2D eigenvalue weighted by Crippen LogP contribution is -2.45. The first-order chi connectivity index (χ1) is 11.1. The summed E-state index contributed by atoms with van der Waals surface area (Å²) in [6, 6.07) is 6.99. The van der Waals surface area contributed by atoms with Gasteiger partial charge >= 0.3 is 0 Å². The lowest BCUT2D eigenvalue weighted by molar-refractivity contribution is -0.125. The lowest BCUT2D eigenvalue weighted by atomic mass is 9.98. The highest BCUT2D eigenvalue weighted by atomic mass is 35.5. The average molecular weight is 351 g/mol. The number of aryl methyl sites for hydroxylation is 1. The summed E-state index contributed by atoms with van der Waals surface area (Å²) in [6.07, 6.45) is 4.09. The lowest BCUT2D eigenvalue weighted by Gasteiger charge is -2.28. The second kappa shape index (κ2) is 6.89. The van der Waals surface area contributed by atoms with E-state index in [0.717, 1.165) is 36.4 Å². The molecule has 1 fully saturated rings. The summed E-state index contributed by atoms with van der Waals surface area (Å²) in [5.41, 5.74) is 0.683. The van der Waals surface area contributed by atoms with E-state index in [1.165, 1.54) is 0 Å². The van der Waals surface area contributed by atoms with E-state index in [1.807, 2.05) is 12.3 Å². The van der Waals surface area contributed by atoms with Crippen molar-refractivity contribution in [3.63, 3.8) is 0 Å². The maximum atomic E-state index is 12.3. The van der Waals surface area contributed by atoms with Crippen molar-refractivity contribution >= 4 is 28.8 Å². The van der Waals surface area contributed by atoms with E-state index in [2.05, 4.69) is 10.3 Å². The van der Waals surface area contributed by atoms with Crippen LogP contribution >= 0.6 is 22.9 Å². The Hall–Kier alpha value is -1.59. The van der Waals surface area contributed by atoms with Gasteiger partial charge in [0.2, 0.25) is 0 Å². The van der Waals surface area contributed by atoms with Crippen LogP contribution in [0.15, 0.2) is 29.6 Å². The van der Waals surface area contributed by atoms with Crippen molar-refractivity contribution < 1.29 is 9.53 Å². The minimum atomic E-state index is -0.320. The molecule has 3 rings (SSSR count). The van der Waals surface area contributed by atoms with Gasteiger partial charge in [-0.15, -0.1) is 11.3 Å². The number of hydrogen-bond acceptors (Lipinski definition) is 4. The van der Waals surface area contributed by atoms with Crippen LogP contribution < -0.4 is 10.1 Å². The number of nitrogens with one attached hydrogen (secondary N) is 1. The molecule has 1 N–H and O–H groups in total. The van der Waals surface area contributed by atoms with E-state index in [0.29, 0.717) is 10.8 Å². The molecule has 1 aliphatic rings. The average Bonchev–Trinajstić information content (AvgIpc) is 3.17. The van der Waals surface area contributed by atoms with E-state index in [9.17, 15) is 4.79 Å². The van der Waals surface area contributed by atoms with E-state index in [1.54, 1.807) is 35.6 Å². The van der Waals surface area contributed by atoms with Crippen LogP contribution in [0.4, 0.5) is 0 Å². The van der Waals surface area contributed by atoms with Crippen LogP contribution in [-0.4, -0.2) is 17.5 Å². The van der Waals surface area contributed by atoms with Crippen molar-refractivity contribution in [3.05, 3.63) is 45.4 Å². The van der Waals surface area contributed by atoms with Crippen molar-refractivity contribution in [1.29, 1.82) is 0 Å². The minimum Gasteiger partial charge on any atom is -0.484 e. The van der Waals surface area contributed by atoms with Crippen LogP contribution in [0.1, 0.15) is 36.4 Å². The monoisotopic (exact) mass is 350 g/mol. The van der Waals surface area contributed by atoms with Gasteiger partial charge in [0, 0.05) is 16.1 Å². The molecule has 0 radical (unpaired) electrons. The molecule has 1 aromatic heterocycles. The van der Waals surface area contributed by atoms with Crippen LogP contribution in [-0.2, 0) is 10.3 Å². The number of amides is 1. The fourth-order valence-electron chi connectivity index (χ4n) is 2.93. The molecule has 0 spiro atoms. The van der Waals surface area contributed by atoms with Gasteiger partial charge in [-0.25, -0.2) is 4.98 Å². The molecule has 0 saturated heterocycles. The second-order valence-electron chi connectivity index (χ2n) is 5.87. The molecule has 0 atom stereocenters. The molecule has 0 unspecified atom stereocenters. The van der Waals surface area contributed by atoms with Gasteiger partial charge in [-0.3, -0.25) is 4.79 Å². The van der Waals surface area contributed by atoms with E-state index >= 15 is 0 Å². The summed E-state index contributed by atoms with van der Waals surface area (Å²) in [6.45, 7) is 1.97. The Morgan fingerprint density at radius 3 is 2.65 bits per heavy atom. The summed E-state index contributed by atoms with van der Waals surface area (Å²) < 4.78 is 5.53. The van der Waals surface area contributed by atoms with E-state index in [-0.39, 0.29) is 18.1 Å². The first-order valence-corrected chi connectivity index (χ1v) is 8.95. The third-order valence-electron chi connectivity index (χ3n) is 4.05. The van der Waals surface area contributed by atoms with Gasteiger partial charge < -0.3 is 10.1 Å². The smallest absolute Gasteiger partial charge is 0.258 e. The third-order valence-corrected chi connectivity index (χ3v) is 5.46. The van der Waals surface area contributed by atoms with Crippen LogP contribution in [0.3, 0.4) is 0 Å². The quantitative estimate of drug-likeness (QED) is 0.884. The fraction of sp³-hybridized carbons (Fsp3) is 0.412. The predicted molar refractivity (Wildman–Crippen MR) is 92.1 cm³/mol. The highest BCUT2D eigenvalue weighted by Gasteiger charge is 2.39. The summed E-state index contributed by atoms with van der Waals surface area (Å²) in [7, 11) is 0. The molecule has 1 amide bonds. The maximum Gasteiger partial charge on any atom is 0.258 e. The maximum absolute atomic E-state index is 12.3. The topological polar surface area (TPSA) is 51.2 Å². The summed E-state index contributed by atoms with van der Waals surface area (Å²) in [5.74, 6) is 0.518. The van der Waals surface area contributed by atoms with Crippen molar-refractivity contribution in [1.82, 2.24) is 10.3 Å². The van der Waals surface area contributed by atoms with Crippen molar-refractivity contribution in [2.75, 3.05) is 6.61 Å². The Labute approximate surface area is 144 Å². The largest absolute Gasteiger partial charge is 0.484 e. The summed E-state index contributed by atoms with van der Waals surface area (Å²) >= 11 is 7.46. The summed E-state index contributed by atoms with van der Waals surface area (Å²) in [5, 5.41) is 6.85. The number of carbonyl (C=O) groups is 1. The minimum absolute atomic E-state index is 0.00621. The van der Waals surface area contributed by atoms with Crippen LogP contribution in [0.25, 0.3) is 0 Å². The molecular formula is C17H19ClN2O2S. The third kappa shape index (κ3) is 3.85. The Morgan fingerprint density at radius 2 is 2.04 bits per heavy atom. The van der Waals surface area contributed by atoms with Gasteiger partial charge in [0.25, 0.3) is 5.91 Å². The van der Waals surface area contributed by atoms with E-state index in [4.69, 9.17) is 16.3 Å². The van der Waals surface area contributed by atoms with Crippen molar-refractivity contribution in [3.8, 4) is 5.75 Å². The van der Waals surface area contributed by atoms with Gasteiger partial charge in [0.05, 0.1) is 5.54 Å². The first-order valence-electron chi connectivity index (χ1n) is 7.69. The molecule has 1 aromatic carbocycles. The zero-order valence-electron chi connectivity index (χ0n) is 13.0. The van der Waals surface area contributed by atoms with Gasteiger partial charge in [-0.1, -0.05) is 24.4 Å². The highest BCUT2D eigenvalue weighted by molar-refractivity contribution is 7.09. The van der Waals surface area contributed by atoms with Crippen LogP contribution in [0, 0.1) is 6.92 Å². The molecule has 2 aromatic rings. The van der Waals surface area contributed by atoms with Crippen LogP contribution in [0.2, 0.25) is 5.02 Å². The SMILES string of the molecule is Cc1csc(C2(NC(=O)COc3ccc(Cl)cc3)CCCC2)n1. The van der Waals surface area contributed by atoms with Gasteiger partial charge in [0.15, 0.2) is 6.61 Å². The number of aromatic nitrogens is 1. The molecule has 122 valence electrons. The fourth-order valence-corrected chi connectivity index (χ4v) is 4.07. The standard InChI is InChI=1S/C17H19ClN2O2S/c1-12-11-23-16(19-12)17(8-2-3-9-17)20-15(21)10-22-14-6-4-13(18)5-7-14/h4-7,11H,2-3,8-10H2,1H3,(H,20,21). The Kier molecular flexibility index (Phi) is 4.87. The zero-order chi connectivity index (χ0) is 16.3. The molecule has 1 aliphatic carbocycles. The number of ether oxygens (including phenoxy) is 1. The molecule has 1 heterocycles. The van der Waals surface area contributed by atoms with E-state index < -0.39 is 0 Å². The number of carbonyl (C=O) groups excluding carboxylic acids is 1. The molecule has 0 aliphatic heterocycles. The molecule has 1 saturated carbocycles. The highest BCUT2D eigenvalue weighted by Crippen LogP contribution is 2.40. The van der Waals surface area contributed by atoms with Crippen molar-refractivity contribution in [2.24, 2.45) is 0 Å². The van der Waals surface area contributed by atoms with Crippen LogP contribution in [0.5, 0.6) is 5.75 Å². The number of nitrogens with zero attached hydrogens (tertiary/aromatic N) is 1. The van der Waals surface area contributed by atoms with Gasteiger partial charge in [-0.05, 0) is 44.0 Å². The Bertz CT molecular complexity index is 678. The zero-order valence-corrected chi connectivity index (χ0v) is 14.5. The molecule has 4 nitrogen and oxygen atoms in total. The Morgan fingerprint density at radius 1 is 1.35 bits per heavy atom. The number of rotatable bonds is 5. The predicted octanol–water partition coefficient (Wildman–Crippen LogP) is 4.07. The van der Waals surface area contributed by atoms with Crippen molar-refractivity contribution in [2.45, 2.75) is 38.1 Å². The molecular weight excluding hydrogens is 332 g/mol. The number of benzene rings is 1. The molecule has 0 bridgehead atoms. The first kappa shape index (κ1) is 16.3. The molecule has 23 heavy (non-hydrogen) atoms. The molecule has 6 heteroatoms. The Balaban J connectivity index is 1.64. The number of hydrogen-bond donors (Lipinski definition) is 1. The normalized spacial score (nSPS) is 16.3. The second-order valence-corrected chi connectivity index (χ2v) is 7.17. The van der Waals surface area contributed by atoms with Gasteiger partial charge in [-0.2, -0.15) is 0 Å². The number of halogens is 1. The van der Waals surface area contributed by atoms with Gasteiger partial charge in [0.1, 0.15) is 10.8 Å². The summed E-state index contributed by atoms with van der Waals surface area (Å²) in [4.78, 5) is 16.9.